The largest absolute Gasteiger partial charge is 0.355 e. The summed E-state index contributed by atoms with van der Waals surface area (Å²) in [6.07, 6.45) is 4.98. The molecule has 2 aromatic rings. The molecule has 1 fully saturated rings. The average Bonchev–Trinajstić information content (AvgIpc) is 2.43. The third-order valence-corrected chi connectivity index (χ3v) is 2.65. The second-order valence-electron chi connectivity index (χ2n) is 3.71. The Morgan fingerprint density at radius 1 is 1.36 bits per heavy atom. The predicted molar refractivity (Wildman–Crippen MR) is 54.6 cm³/mol. The molecule has 0 atom stereocenters. The quantitative estimate of drug-likeness (QED) is 0.675. The Bertz CT molecular complexity index is 470. The first-order valence-electron chi connectivity index (χ1n) is 4.90. The van der Waals surface area contributed by atoms with Crippen LogP contribution >= 0.6 is 0 Å². The van der Waals surface area contributed by atoms with E-state index in [-0.39, 0.29) is 0 Å². The van der Waals surface area contributed by atoms with Gasteiger partial charge >= 0.3 is 0 Å². The highest BCUT2D eigenvalue weighted by atomic mass is 15.3. The number of rotatable bonds is 1. The Morgan fingerprint density at radius 2 is 2.21 bits per heavy atom. The van der Waals surface area contributed by atoms with Gasteiger partial charge in [0.05, 0.1) is 5.69 Å². The lowest BCUT2D eigenvalue weighted by Gasteiger charge is -2.32. The minimum absolute atomic E-state index is 1.04. The van der Waals surface area contributed by atoms with Crippen molar-refractivity contribution in [1.82, 2.24) is 14.6 Å². The van der Waals surface area contributed by atoms with Gasteiger partial charge in [-0.3, -0.25) is 0 Å². The van der Waals surface area contributed by atoms with Crippen LogP contribution in [0.25, 0.3) is 5.52 Å². The summed E-state index contributed by atoms with van der Waals surface area (Å²) < 4.78 is 1.90. The van der Waals surface area contributed by atoms with Gasteiger partial charge in [0.15, 0.2) is 5.82 Å². The van der Waals surface area contributed by atoms with Gasteiger partial charge in [0.1, 0.15) is 5.52 Å². The van der Waals surface area contributed by atoms with Gasteiger partial charge < -0.3 is 4.90 Å². The van der Waals surface area contributed by atoms with Crippen molar-refractivity contribution < 1.29 is 0 Å². The van der Waals surface area contributed by atoms with E-state index in [1.807, 2.05) is 23.8 Å². The Kier molecular flexibility index (Phi) is 1.50. The summed E-state index contributed by atoms with van der Waals surface area (Å²) in [7, 11) is 0. The average molecular weight is 188 g/mol. The Labute approximate surface area is 82.2 Å². The van der Waals surface area contributed by atoms with Crippen molar-refractivity contribution in [2.45, 2.75) is 13.3 Å². The monoisotopic (exact) mass is 188 g/mol. The summed E-state index contributed by atoms with van der Waals surface area (Å²) in [5.74, 6) is 1.07. The van der Waals surface area contributed by atoms with Crippen LogP contribution in [0.15, 0.2) is 18.5 Å². The zero-order valence-corrected chi connectivity index (χ0v) is 8.14. The van der Waals surface area contributed by atoms with E-state index >= 15 is 0 Å². The van der Waals surface area contributed by atoms with Crippen LogP contribution in [-0.2, 0) is 0 Å². The van der Waals surface area contributed by atoms with Crippen molar-refractivity contribution >= 4 is 11.3 Å². The molecule has 1 aliphatic rings. The van der Waals surface area contributed by atoms with Gasteiger partial charge in [-0.05, 0) is 19.4 Å². The molecule has 0 N–H and O–H groups in total. The van der Waals surface area contributed by atoms with Crippen LogP contribution < -0.4 is 4.90 Å². The fraction of sp³-hybridized carbons (Fsp3) is 0.400. The van der Waals surface area contributed by atoms with E-state index in [1.54, 1.807) is 0 Å². The smallest absolute Gasteiger partial charge is 0.154 e. The molecule has 3 rings (SSSR count). The molecule has 0 unspecified atom stereocenters. The van der Waals surface area contributed by atoms with Crippen LogP contribution in [0.5, 0.6) is 0 Å². The first-order valence-corrected chi connectivity index (χ1v) is 4.90. The Balaban J connectivity index is 2.21. The second-order valence-corrected chi connectivity index (χ2v) is 3.71. The fourth-order valence-corrected chi connectivity index (χ4v) is 1.80. The number of aryl methyl sites for hydroxylation is 1. The van der Waals surface area contributed by atoms with Gasteiger partial charge in [-0.1, -0.05) is 0 Å². The van der Waals surface area contributed by atoms with Crippen LogP contribution in [0.3, 0.4) is 0 Å². The maximum absolute atomic E-state index is 4.41. The topological polar surface area (TPSA) is 33.4 Å². The van der Waals surface area contributed by atoms with E-state index in [1.165, 1.54) is 6.42 Å². The van der Waals surface area contributed by atoms with Crippen LogP contribution in [0.1, 0.15) is 12.1 Å². The molecule has 4 nitrogen and oxygen atoms in total. The molecule has 72 valence electrons. The second kappa shape index (κ2) is 2.70. The van der Waals surface area contributed by atoms with E-state index in [2.05, 4.69) is 21.0 Å². The van der Waals surface area contributed by atoms with Crippen LogP contribution in [-0.4, -0.2) is 27.7 Å². The maximum Gasteiger partial charge on any atom is 0.154 e. The highest BCUT2D eigenvalue weighted by molar-refractivity contribution is 5.69. The van der Waals surface area contributed by atoms with E-state index in [0.717, 1.165) is 30.1 Å². The number of hydrogen-bond acceptors (Lipinski definition) is 3. The predicted octanol–water partition coefficient (Wildman–Crippen LogP) is 1.25. The molecular weight excluding hydrogens is 176 g/mol. The zero-order valence-electron chi connectivity index (χ0n) is 8.14. The summed E-state index contributed by atoms with van der Waals surface area (Å²) in [6, 6.07) is 2.08. The highest BCUT2D eigenvalue weighted by Crippen LogP contribution is 2.23. The van der Waals surface area contributed by atoms with Gasteiger partial charge in [0.2, 0.25) is 0 Å². The minimum Gasteiger partial charge on any atom is -0.355 e. The first kappa shape index (κ1) is 7.79. The summed E-state index contributed by atoms with van der Waals surface area (Å²) in [4.78, 5) is 6.70. The molecule has 1 saturated heterocycles. The number of nitrogens with zero attached hydrogens (tertiary/aromatic N) is 4. The fourth-order valence-electron chi connectivity index (χ4n) is 1.80. The SMILES string of the molecule is Cc1cc2c(N3CCC3)nccn2n1. The number of fused-ring (bicyclic) bond motifs is 1. The molecule has 4 heteroatoms. The van der Waals surface area contributed by atoms with Gasteiger partial charge in [0.25, 0.3) is 0 Å². The van der Waals surface area contributed by atoms with Crippen molar-refractivity contribution in [3.63, 3.8) is 0 Å². The van der Waals surface area contributed by atoms with Crippen molar-refractivity contribution in [1.29, 1.82) is 0 Å². The van der Waals surface area contributed by atoms with Crippen LogP contribution in [0, 0.1) is 6.92 Å². The molecule has 0 radical (unpaired) electrons. The van der Waals surface area contributed by atoms with Gasteiger partial charge in [0, 0.05) is 25.5 Å². The van der Waals surface area contributed by atoms with Crippen molar-refractivity contribution in [2.75, 3.05) is 18.0 Å². The van der Waals surface area contributed by atoms with Crippen molar-refractivity contribution in [3.05, 3.63) is 24.2 Å². The summed E-state index contributed by atoms with van der Waals surface area (Å²) in [5.41, 5.74) is 2.16. The van der Waals surface area contributed by atoms with E-state index < -0.39 is 0 Å². The zero-order chi connectivity index (χ0) is 9.54. The molecule has 0 saturated carbocycles. The van der Waals surface area contributed by atoms with Crippen LogP contribution in [0.4, 0.5) is 5.82 Å². The van der Waals surface area contributed by atoms with E-state index in [0.29, 0.717) is 0 Å². The molecule has 2 aromatic heterocycles. The third-order valence-electron chi connectivity index (χ3n) is 2.65. The maximum atomic E-state index is 4.41. The molecule has 0 amide bonds. The molecule has 0 aliphatic carbocycles. The van der Waals surface area contributed by atoms with Crippen LogP contribution in [0.2, 0.25) is 0 Å². The number of hydrogen-bond donors (Lipinski definition) is 0. The lowest BCUT2D eigenvalue weighted by atomic mass is 10.2. The molecule has 0 spiro atoms. The highest BCUT2D eigenvalue weighted by Gasteiger charge is 2.18. The van der Waals surface area contributed by atoms with Gasteiger partial charge in [-0.25, -0.2) is 9.50 Å². The number of anilines is 1. The van der Waals surface area contributed by atoms with E-state index in [9.17, 15) is 0 Å². The molecule has 14 heavy (non-hydrogen) atoms. The summed E-state index contributed by atoms with van der Waals surface area (Å²) >= 11 is 0. The standard InChI is InChI=1S/C10H12N4/c1-8-7-9-10(13-4-2-5-13)11-3-6-14(9)12-8/h3,6-7H,2,4-5H2,1H3. The Morgan fingerprint density at radius 3 is 2.93 bits per heavy atom. The van der Waals surface area contributed by atoms with Gasteiger partial charge in [-0.2, -0.15) is 5.10 Å². The third kappa shape index (κ3) is 0.999. The van der Waals surface area contributed by atoms with Gasteiger partial charge in [-0.15, -0.1) is 0 Å². The lowest BCUT2D eigenvalue weighted by molar-refractivity contribution is 0.610. The summed E-state index contributed by atoms with van der Waals surface area (Å²) in [5, 5.41) is 4.36. The summed E-state index contributed by atoms with van der Waals surface area (Å²) in [6.45, 7) is 4.25. The van der Waals surface area contributed by atoms with Crippen molar-refractivity contribution in [3.8, 4) is 0 Å². The van der Waals surface area contributed by atoms with Crippen molar-refractivity contribution in [2.24, 2.45) is 0 Å². The number of aromatic nitrogens is 3. The molecule has 1 aliphatic heterocycles. The molecular formula is C10H12N4. The normalized spacial score (nSPS) is 15.9. The first-order chi connectivity index (χ1) is 6.84. The minimum atomic E-state index is 1.04. The molecule has 0 bridgehead atoms. The lowest BCUT2D eigenvalue weighted by Crippen LogP contribution is -2.37. The van der Waals surface area contributed by atoms with E-state index in [4.69, 9.17) is 0 Å². The Hall–Kier alpha value is -1.58. The molecule has 3 heterocycles. The molecule has 0 aromatic carbocycles.